The van der Waals surface area contributed by atoms with Gasteiger partial charge in [-0.15, -0.1) is 0 Å². The van der Waals surface area contributed by atoms with Gasteiger partial charge in [0.15, 0.2) is 4.98 Å². The monoisotopic (exact) mass is 348 g/mol. The van der Waals surface area contributed by atoms with Crippen molar-refractivity contribution in [1.29, 1.82) is 10.7 Å². The molecule has 23 heavy (non-hydrogen) atoms. The minimum atomic E-state index is -3.98. The summed E-state index contributed by atoms with van der Waals surface area (Å²) in [6.45, 7) is 0. The van der Waals surface area contributed by atoms with Crippen molar-refractivity contribution in [2.24, 2.45) is 0 Å². The lowest BCUT2D eigenvalue weighted by Crippen LogP contribution is -1.92. The molecular weight excluding hydrogens is 340 g/mol. The van der Waals surface area contributed by atoms with Crippen molar-refractivity contribution in [2.75, 3.05) is 0 Å². The van der Waals surface area contributed by atoms with Crippen molar-refractivity contribution in [1.82, 2.24) is 0 Å². The zero-order chi connectivity index (χ0) is 17.1. The molecule has 10 heteroatoms. The van der Waals surface area contributed by atoms with E-state index in [0.717, 1.165) is 0 Å². The van der Waals surface area contributed by atoms with Crippen molar-refractivity contribution < 1.29 is 16.8 Å². The Morgan fingerprint density at radius 3 is 1.74 bits per heavy atom. The molecule has 0 spiro atoms. The van der Waals surface area contributed by atoms with E-state index in [4.69, 9.17) is 10.7 Å². The van der Waals surface area contributed by atoms with Crippen molar-refractivity contribution in [2.45, 2.75) is 9.79 Å². The van der Waals surface area contributed by atoms with Gasteiger partial charge < -0.3 is 4.13 Å². The van der Waals surface area contributed by atoms with E-state index >= 15 is 0 Å². The van der Waals surface area contributed by atoms with E-state index in [1.54, 1.807) is 24.3 Å². The predicted octanol–water partition coefficient (Wildman–Crippen LogP) is 2.49. The highest BCUT2D eigenvalue weighted by Crippen LogP contribution is 2.37. The van der Waals surface area contributed by atoms with E-state index in [2.05, 4.69) is 9.10 Å². The first-order valence-electron chi connectivity index (χ1n) is 5.99. The van der Waals surface area contributed by atoms with Crippen LogP contribution in [0.5, 0.6) is 0 Å². The average Bonchev–Trinajstić information content (AvgIpc) is 2.73. The highest BCUT2D eigenvalue weighted by molar-refractivity contribution is 8.14. The Morgan fingerprint density at radius 1 is 0.870 bits per heavy atom. The molecule has 0 radical (unpaired) electrons. The first-order valence-corrected chi connectivity index (χ1v) is 8.87. The summed E-state index contributed by atoms with van der Waals surface area (Å²) in [6, 6.07) is 13.6. The highest BCUT2D eigenvalue weighted by Gasteiger charge is 2.26. The molecule has 2 aromatic rings. The summed E-state index contributed by atoms with van der Waals surface area (Å²) < 4.78 is 47.3. The Kier molecular flexibility index (Phi) is 4.43. The molecule has 3 rings (SSSR count). The fourth-order valence-corrected chi connectivity index (χ4v) is 5.14. The maximum atomic E-state index is 11.1. The Balaban J connectivity index is 0.000000174. The molecule has 0 bridgehead atoms. The zero-order valence-corrected chi connectivity index (χ0v) is 13.0. The molecule has 0 fully saturated rings. The highest BCUT2D eigenvalue weighted by atomic mass is 32.3. The van der Waals surface area contributed by atoms with Gasteiger partial charge in [-0.3, -0.25) is 0 Å². The van der Waals surface area contributed by atoms with Gasteiger partial charge in [0.2, 0.25) is 5.39 Å². The summed E-state index contributed by atoms with van der Waals surface area (Å²) in [5.41, 5.74) is 1.02. The third-order valence-electron chi connectivity index (χ3n) is 2.71. The van der Waals surface area contributed by atoms with Crippen LogP contribution in [0.3, 0.4) is 0 Å². The summed E-state index contributed by atoms with van der Waals surface area (Å²) in [5.74, 6) is 0. The molecule has 2 aromatic carbocycles. The molecule has 1 aliphatic heterocycles. The molecular formula is C13H8N4O4S2. The van der Waals surface area contributed by atoms with Gasteiger partial charge >= 0.3 is 5.69 Å². The summed E-state index contributed by atoms with van der Waals surface area (Å²) >= 11 is 0. The Labute approximate surface area is 132 Å². The predicted molar refractivity (Wildman–Crippen MR) is 80.1 cm³/mol. The summed E-state index contributed by atoms with van der Waals surface area (Å²) in [5, 5.41) is 16.6. The molecule has 0 aliphatic carbocycles. The number of sulfonamides is 2. The van der Waals surface area contributed by atoms with E-state index in [0.29, 0.717) is 11.3 Å². The Morgan fingerprint density at radius 2 is 1.35 bits per heavy atom. The normalized spacial score (nSPS) is 16.1. The van der Waals surface area contributed by atoms with Gasteiger partial charge in [0, 0.05) is 12.1 Å². The molecule has 0 aromatic heterocycles. The number of rotatable bonds is 0. The molecule has 0 N–H and O–H groups in total. The van der Waals surface area contributed by atoms with Gasteiger partial charge in [-0.25, -0.2) is 16.8 Å². The van der Waals surface area contributed by atoms with Crippen molar-refractivity contribution >= 4 is 25.7 Å². The van der Waals surface area contributed by atoms with Crippen LogP contribution in [0.25, 0.3) is 9.10 Å². The standard InChI is InChI=1S/C7H4N3.C6H4NO4S2/c8-5-6-1-3-7(10-9)4-2-6;8-12(9)5-3-1-2-4-6(5)13(10,11)7-12/h1-4H;1-4H/q+1;-1. The second kappa shape index (κ2) is 6.14. The molecule has 1 aliphatic rings. The summed E-state index contributed by atoms with van der Waals surface area (Å²) in [4.78, 5) is 2.46. The first-order chi connectivity index (χ1) is 10.8. The summed E-state index contributed by atoms with van der Waals surface area (Å²) in [6.07, 6.45) is 0. The van der Waals surface area contributed by atoms with Crippen LogP contribution in [0.15, 0.2) is 58.3 Å². The van der Waals surface area contributed by atoms with Gasteiger partial charge in [-0.1, -0.05) is 12.1 Å². The van der Waals surface area contributed by atoms with Crippen LogP contribution in [0, 0.1) is 16.7 Å². The molecule has 0 amide bonds. The van der Waals surface area contributed by atoms with Gasteiger partial charge in [0.05, 0.1) is 21.4 Å². The van der Waals surface area contributed by atoms with Crippen molar-refractivity contribution in [3.05, 3.63) is 63.2 Å². The van der Waals surface area contributed by atoms with Gasteiger partial charge in [0.1, 0.15) is 20.0 Å². The average molecular weight is 348 g/mol. The number of nitrogens with zero attached hydrogens (tertiary/aromatic N) is 4. The maximum Gasteiger partial charge on any atom is 0.385 e. The SMILES string of the molecule is N#Cc1ccc([N+]#N)cc1.O=S1(=O)[N-]S(=O)(=O)c2ccccc21. The van der Waals surface area contributed by atoms with Crippen LogP contribution in [0.2, 0.25) is 0 Å². The van der Waals surface area contributed by atoms with Crippen LogP contribution in [0.4, 0.5) is 5.69 Å². The zero-order valence-electron chi connectivity index (χ0n) is 11.4. The van der Waals surface area contributed by atoms with Crippen LogP contribution in [0.1, 0.15) is 5.56 Å². The fourth-order valence-electron chi connectivity index (χ4n) is 1.69. The molecule has 0 unspecified atom stereocenters. The second-order valence-corrected chi connectivity index (χ2v) is 7.61. The lowest BCUT2D eigenvalue weighted by molar-refractivity contribution is 0.603. The van der Waals surface area contributed by atoms with Crippen LogP contribution in [-0.4, -0.2) is 16.8 Å². The van der Waals surface area contributed by atoms with E-state index in [1.807, 2.05) is 6.07 Å². The molecule has 8 nitrogen and oxygen atoms in total. The molecule has 0 saturated carbocycles. The van der Waals surface area contributed by atoms with Gasteiger partial charge in [-0.05, 0) is 24.3 Å². The van der Waals surface area contributed by atoms with E-state index in [-0.39, 0.29) is 9.79 Å². The fraction of sp³-hybridized carbons (Fsp3) is 0. The Hall–Kier alpha value is -2.79. The number of nitriles is 1. The number of fused-ring (bicyclic) bond motifs is 1. The smallest absolute Gasteiger partial charge is 0.385 e. The number of hydrogen-bond acceptors (Lipinski definition) is 6. The Bertz CT molecular complexity index is 947. The van der Waals surface area contributed by atoms with Gasteiger partial charge in [0.25, 0.3) is 0 Å². The summed E-state index contributed by atoms with van der Waals surface area (Å²) in [7, 11) is -7.95. The molecule has 116 valence electrons. The maximum absolute atomic E-state index is 11.1. The van der Waals surface area contributed by atoms with Crippen molar-refractivity contribution in [3.63, 3.8) is 0 Å². The van der Waals surface area contributed by atoms with Crippen molar-refractivity contribution in [3.8, 4) is 6.07 Å². The lowest BCUT2D eigenvalue weighted by atomic mass is 10.2. The molecule has 0 atom stereocenters. The van der Waals surface area contributed by atoms with Gasteiger partial charge in [-0.2, -0.15) is 5.26 Å². The van der Waals surface area contributed by atoms with E-state index < -0.39 is 20.0 Å². The van der Waals surface area contributed by atoms with Crippen LogP contribution in [-0.2, 0) is 20.0 Å². The number of hydrogen-bond donors (Lipinski definition) is 0. The number of diazo groups is 1. The lowest BCUT2D eigenvalue weighted by Gasteiger charge is -2.05. The minimum absolute atomic E-state index is 0.241. The van der Waals surface area contributed by atoms with E-state index in [9.17, 15) is 16.8 Å². The largest absolute Gasteiger partial charge is 0.428 e. The first kappa shape index (κ1) is 16.6. The third-order valence-corrected chi connectivity index (χ3v) is 6.24. The quantitative estimate of drug-likeness (QED) is 0.671. The second-order valence-electron chi connectivity index (χ2n) is 4.23. The third kappa shape index (κ3) is 3.52. The molecule has 1 heterocycles. The van der Waals surface area contributed by atoms with E-state index in [1.165, 1.54) is 24.3 Å². The topological polar surface area (TPSA) is 134 Å². The number of benzene rings is 2. The molecule has 0 saturated heterocycles. The van der Waals surface area contributed by atoms with Crippen LogP contribution < -0.4 is 0 Å². The van der Waals surface area contributed by atoms with Crippen LogP contribution >= 0.6 is 0 Å². The minimum Gasteiger partial charge on any atom is -0.428 e.